The summed E-state index contributed by atoms with van der Waals surface area (Å²) < 4.78 is 1.39. The Balaban J connectivity index is 1.61. The molecule has 1 atom stereocenters. The van der Waals surface area contributed by atoms with Gasteiger partial charge in [0.2, 0.25) is 10.9 Å². The van der Waals surface area contributed by atoms with Gasteiger partial charge in [-0.05, 0) is 37.7 Å². The number of fused-ring (bicyclic) bond motifs is 1. The predicted molar refractivity (Wildman–Crippen MR) is 114 cm³/mol. The van der Waals surface area contributed by atoms with Crippen LogP contribution in [0.1, 0.15) is 61.0 Å². The number of rotatable bonds is 4. The maximum atomic E-state index is 13.2. The van der Waals surface area contributed by atoms with Gasteiger partial charge < -0.3 is 4.90 Å². The van der Waals surface area contributed by atoms with E-state index >= 15 is 0 Å². The van der Waals surface area contributed by atoms with Crippen LogP contribution in [0.2, 0.25) is 0 Å². The molecule has 6 nitrogen and oxygen atoms in total. The van der Waals surface area contributed by atoms with Crippen LogP contribution in [0.15, 0.2) is 35.1 Å². The van der Waals surface area contributed by atoms with Gasteiger partial charge in [-0.3, -0.25) is 9.59 Å². The smallest absolute Gasteiger partial charge is 0.278 e. The van der Waals surface area contributed by atoms with E-state index in [9.17, 15) is 9.59 Å². The highest BCUT2D eigenvalue weighted by molar-refractivity contribution is 7.16. The van der Waals surface area contributed by atoms with E-state index in [2.05, 4.69) is 36.1 Å². The van der Waals surface area contributed by atoms with Crippen molar-refractivity contribution in [1.82, 2.24) is 19.5 Å². The Morgan fingerprint density at radius 3 is 2.69 bits per heavy atom. The van der Waals surface area contributed by atoms with E-state index in [1.807, 2.05) is 30.0 Å². The number of hydrogen-bond acceptors (Lipinski definition) is 5. The Hall–Kier alpha value is -2.54. The molecule has 7 heteroatoms. The highest BCUT2D eigenvalue weighted by Gasteiger charge is 2.35. The molecule has 0 aliphatic carbocycles. The average Bonchev–Trinajstić information content (AvgIpc) is 3.33. The monoisotopic (exact) mass is 410 g/mol. The number of carbonyl (C=O) groups excluding carboxylic acids is 1. The van der Waals surface area contributed by atoms with Crippen molar-refractivity contribution in [1.29, 1.82) is 0 Å². The Morgan fingerprint density at radius 1 is 1.24 bits per heavy atom. The maximum absolute atomic E-state index is 13.2. The molecule has 3 aromatic rings. The van der Waals surface area contributed by atoms with Crippen molar-refractivity contribution in [3.05, 3.63) is 62.5 Å². The topological polar surface area (TPSA) is 67.6 Å². The number of nitrogens with zero attached hydrogens (tertiary/aromatic N) is 4. The zero-order valence-corrected chi connectivity index (χ0v) is 18.1. The molecule has 1 saturated heterocycles. The number of likely N-dealkylation sites (tertiary alicyclic amines) is 1. The predicted octanol–water partition coefficient (Wildman–Crippen LogP) is 3.80. The fourth-order valence-electron chi connectivity index (χ4n) is 3.97. The second-order valence-electron chi connectivity index (χ2n) is 8.43. The van der Waals surface area contributed by atoms with Crippen molar-refractivity contribution >= 4 is 22.2 Å². The molecule has 1 aliphatic heterocycles. The minimum atomic E-state index is -0.244. The number of amides is 1. The normalized spacial score (nSPS) is 17.2. The van der Waals surface area contributed by atoms with Crippen LogP contribution in [0.25, 0.3) is 4.96 Å². The molecule has 0 saturated carbocycles. The van der Waals surface area contributed by atoms with E-state index in [-0.39, 0.29) is 22.9 Å². The highest BCUT2D eigenvalue weighted by atomic mass is 32.1. The van der Waals surface area contributed by atoms with Crippen LogP contribution < -0.4 is 5.56 Å². The zero-order chi connectivity index (χ0) is 20.8. The summed E-state index contributed by atoms with van der Waals surface area (Å²) in [5, 5.41) is 5.34. The van der Waals surface area contributed by atoms with Crippen molar-refractivity contribution in [3.63, 3.8) is 0 Å². The van der Waals surface area contributed by atoms with Gasteiger partial charge in [-0.1, -0.05) is 55.5 Å². The number of aryl methyl sites for hydroxylation is 1. The fraction of sp³-hybridized carbons (Fsp3) is 0.455. The Bertz CT molecular complexity index is 1120. The van der Waals surface area contributed by atoms with Crippen LogP contribution >= 0.6 is 11.3 Å². The van der Waals surface area contributed by atoms with Gasteiger partial charge in [-0.25, -0.2) is 4.98 Å². The van der Waals surface area contributed by atoms with Gasteiger partial charge in [0.25, 0.3) is 5.56 Å². The van der Waals surface area contributed by atoms with Crippen LogP contribution in [0.5, 0.6) is 0 Å². The summed E-state index contributed by atoms with van der Waals surface area (Å²) in [4.78, 5) is 32.8. The Morgan fingerprint density at radius 2 is 1.97 bits per heavy atom. The number of carbonyl (C=O) groups is 1. The second-order valence-corrected chi connectivity index (χ2v) is 9.42. The number of benzene rings is 1. The largest absolute Gasteiger partial charge is 0.333 e. The van der Waals surface area contributed by atoms with Gasteiger partial charge in [0.05, 0.1) is 6.04 Å². The van der Waals surface area contributed by atoms with E-state index in [1.54, 1.807) is 6.92 Å². The summed E-state index contributed by atoms with van der Waals surface area (Å²) >= 11 is 1.41. The number of hydrogen-bond donors (Lipinski definition) is 0. The molecule has 0 N–H and O–H groups in total. The lowest BCUT2D eigenvalue weighted by Gasteiger charge is -2.29. The molecule has 0 spiro atoms. The summed E-state index contributed by atoms with van der Waals surface area (Å²) in [5.74, 6) is 0.133. The standard InChI is InChI=1S/C22H26N4O2S/c1-14-15(2)23-21-26(20(14)28)24-19(29-21)17-11-8-12-25(17)18(27)13-22(3,4)16-9-6-5-7-10-16/h5-7,9-10,17H,8,11-13H2,1-4H3/t17-/m1/s1. The van der Waals surface area contributed by atoms with Crippen molar-refractivity contribution < 1.29 is 4.79 Å². The van der Waals surface area contributed by atoms with E-state index in [4.69, 9.17) is 0 Å². The van der Waals surface area contributed by atoms with E-state index in [1.165, 1.54) is 15.9 Å². The quantitative estimate of drug-likeness (QED) is 0.656. The minimum absolute atomic E-state index is 0.0826. The molecule has 0 unspecified atom stereocenters. The average molecular weight is 411 g/mol. The number of aromatic nitrogens is 3. The van der Waals surface area contributed by atoms with Crippen LogP contribution in [-0.4, -0.2) is 31.9 Å². The summed E-state index contributed by atoms with van der Waals surface area (Å²) in [6.07, 6.45) is 2.25. The van der Waals surface area contributed by atoms with Gasteiger partial charge in [-0.15, -0.1) is 0 Å². The summed E-state index contributed by atoms with van der Waals surface area (Å²) in [7, 11) is 0. The van der Waals surface area contributed by atoms with Gasteiger partial charge in [0.1, 0.15) is 5.01 Å². The fourth-order valence-corrected chi connectivity index (χ4v) is 5.05. The van der Waals surface area contributed by atoms with Gasteiger partial charge in [0.15, 0.2) is 0 Å². The summed E-state index contributed by atoms with van der Waals surface area (Å²) in [6, 6.07) is 10.1. The first-order chi connectivity index (χ1) is 13.8. The molecule has 29 heavy (non-hydrogen) atoms. The third-order valence-electron chi connectivity index (χ3n) is 5.90. The molecule has 2 aromatic heterocycles. The first-order valence-electron chi connectivity index (χ1n) is 10.00. The Labute approximate surface area is 174 Å². The molecule has 3 heterocycles. The molecule has 1 fully saturated rings. The lowest BCUT2D eigenvalue weighted by Crippen LogP contribution is -2.35. The highest BCUT2D eigenvalue weighted by Crippen LogP contribution is 2.36. The van der Waals surface area contributed by atoms with Crippen molar-refractivity contribution in [2.45, 2.75) is 58.4 Å². The van der Waals surface area contributed by atoms with Crippen LogP contribution in [0, 0.1) is 13.8 Å². The molecule has 4 rings (SSSR count). The molecule has 1 aliphatic rings. The first-order valence-corrected chi connectivity index (χ1v) is 10.8. The zero-order valence-electron chi connectivity index (χ0n) is 17.3. The van der Waals surface area contributed by atoms with Crippen LogP contribution in [0.3, 0.4) is 0 Å². The van der Waals surface area contributed by atoms with Gasteiger partial charge >= 0.3 is 0 Å². The molecular weight excluding hydrogens is 384 g/mol. The second kappa shape index (κ2) is 7.37. The SMILES string of the molecule is Cc1nc2sc([C@H]3CCCN3C(=O)CC(C)(C)c3ccccc3)nn2c(=O)c1C. The van der Waals surface area contributed by atoms with E-state index < -0.39 is 0 Å². The molecule has 0 bridgehead atoms. The summed E-state index contributed by atoms with van der Waals surface area (Å²) in [6.45, 7) is 8.56. The lowest BCUT2D eigenvalue weighted by atomic mass is 9.81. The lowest BCUT2D eigenvalue weighted by molar-refractivity contribution is -0.133. The van der Waals surface area contributed by atoms with Gasteiger partial charge in [-0.2, -0.15) is 9.61 Å². The molecule has 152 valence electrons. The van der Waals surface area contributed by atoms with Crippen LogP contribution in [-0.2, 0) is 10.2 Å². The molecular formula is C22H26N4O2S. The molecule has 1 amide bonds. The third-order valence-corrected chi connectivity index (χ3v) is 6.91. The minimum Gasteiger partial charge on any atom is -0.333 e. The maximum Gasteiger partial charge on any atom is 0.278 e. The van der Waals surface area contributed by atoms with E-state index in [0.29, 0.717) is 16.9 Å². The third kappa shape index (κ3) is 3.59. The molecule has 1 aromatic carbocycles. The first kappa shape index (κ1) is 19.8. The van der Waals surface area contributed by atoms with Crippen molar-refractivity contribution in [2.24, 2.45) is 0 Å². The Kier molecular flexibility index (Phi) is 5.02. The van der Waals surface area contributed by atoms with Crippen molar-refractivity contribution in [2.75, 3.05) is 6.54 Å². The van der Waals surface area contributed by atoms with Crippen molar-refractivity contribution in [3.8, 4) is 0 Å². The van der Waals surface area contributed by atoms with E-state index in [0.717, 1.165) is 35.7 Å². The molecule has 0 radical (unpaired) electrons. The van der Waals surface area contributed by atoms with Crippen LogP contribution in [0.4, 0.5) is 0 Å². The van der Waals surface area contributed by atoms with Gasteiger partial charge in [0, 0.05) is 24.2 Å². The summed E-state index contributed by atoms with van der Waals surface area (Å²) in [5.41, 5.74) is 2.13.